The highest BCUT2D eigenvalue weighted by Gasteiger charge is 2.20. The molecule has 2 aromatic rings. The maximum Gasteiger partial charge on any atom is 0.203 e. The molecule has 0 saturated heterocycles. The second-order valence-corrected chi connectivity index (χ2v) is 7.33. The first-order chi connectivity index (χ1) is 13.9. The van der Waals surface area contributed by atoms with Gasteiger partial charge in [0.25, 0.3) is 0 Å². The van der Waals surface area contributed by atoms with E-state index in [2.05, 4.69) is 55.7 Å². The quantitative estimate of drug-likeness (QED) is 0.288. The van der Waals surface area contributed by atoms with Crippen LogP contribution in [0.3, 0.4) is 0 Å². The van der Waals surface area contributed by atoms with Gasteiger partial charge in [0, 0.05) is 18.5 Å². The van der Waals surface area contributed by atoms with Crippen LogP contribution < -0.4 is 24.8 Å². The zero-order valence-electron chi connectivity index (χ0n) is 18.7. The summed E-state index contributed by atoms with van der Waals surface area (Å²) in [5.41, 5.74) is 2.23. The molecule has 2 N–H and O–H groups in total. The minimum Gasteiger partial charge on any atom is -0.493 e. The molecule has 0 saturated carbocycles. The Morgan fingerprint density at radius 2 is 1.53 bits per heavy atom. The molecule has 0 amide bonds. The second-order valence-electron chi connectivity index (χ2n) is 7.33. The predicted octanol–water partition coefficient (Wildman–Crippen LogP) is 4.36. The van der Waals surface area contributed by atoms with Crippen molar-refractivity contribution in [3.63, 3.8) is 0 Å². The highest BCUT2D eigenvalue weighted by atomic mass is 127. The van der Waals surface area contributed by atoms with Crippen LogP contribution >= 0.6 is 24.0 Å². The molecule has 0 unspecified atom stereocenters. The van der Waals surface area contributed by atoms with Crippen LogP contribution in [0.5, 0.6) is 17.2 Å². The number of nitrogens with zero attached hydrogens (tertiary/aromatic N) is 1. The Bertz CT molecular complexity index is 786. The molecule has 0 spiro atoms. The van der Waals surface area contributed by atoms with E-state index >= 15 is 0 Å². The smallest absolute Gasteiger partial charge is 0.203 e. The third-order valence-corrected chi connectivity index (χ3v) is 4.74. The van der Waals surface area contributed by atoms with Gasteiger partial charge in [-0.25, -0.2) is 4.99 Å². The molecule has 7 heteroatoms. The van der Waals surface area contributed by atoms with Gasteiger partial charge in [0.15, 0.2) is 17.5 Å². The van der Waals surface area contributed by atoms with Gasteiger partial charge < -0.3 is 24.8 Å². The fraction of sp³-hybridized carbons (Fsp3) is 0.435. The summed E-state index contributed by atoms with van der Waals surface area (Å²) in [6.45, 7) is 8.53. The van der Waals surface area contributed by atoms with E-state index in [0.29, 0.717) is 23.8 Å². The van der Waals surface area contributed by atoms with Crippen LogP contribution in [-0.2, 0) is 12.0 Å². The molecule has 0 atom stereocenters. The summed E-state index contributed by atoms with van der Waals surface area (Å²) in [6.07, 6.45) is 0. The minimum absolute atomic E-state index is 0. The van der Waals surface area contributed by atoms with Crippen LogP contribution in [0, 0.1) is 0 Å². The molecule has 0 heterocycles. The number of rotatable bonds is 9. The fourth-order valence-electron chi connectivity index (χ4n) is 3.03. The summed E-state index contributed by atoms with van der Waals surface area (Å²) in [5, 5.41) is 6.77. The zero-order chi connectivity index (χ0) is 21.3. The summed E-state index contributed by atoms with van der Waals surface area (Å²) in [5.74, 6) is 2.60. The Kier molecular flexibility index (Phi) is 10.8. The Morgan fingerprint density at radius 1 is 0.933 bits per heavy atom. The average Bonchev–Trinajstić information content (AvgIpc) is 2.75. The number of methoxy groups -OCH3 is 3. The van der Waals surface area contributed by atoms with E-state index in [4.69, 9.17) is 19.2 Å². The molecule has 0 fully saturated rings. The number of hydrogen-bond donors (Lipinski definition) is 2. The van der Waals surface area contributed by atoms with E-state index in [1.165, 1.54) is 5.56 Å². The molecule has 2 rings (SSSR count). The lowest BCUT2D eigenvalue weighted by molar-refractivity contribution is 0.324. The number of ether oxygens (including phenoxy) is 3. The highest BCUT2D eigenvalue weighted by Crippen LogP contribution is 2.38. The van der Waals surface area contributed by atoms with Crippen molar-refractivity contribution in [2.75, 3.05) is 34.4 Å². The standard InChI is InChI=1S/C23H33N3O3.HI/c1-7-24-22(26-16-23(2,3)18-11-9-8-10-12-18)25-15-17-13-19(27-4)21(29-6)20(14-17)28-5;/h8-14H,7,15-16H2,1-6H3,(H2,24,25,26);1H. The number of aliphatic imine (C=N–C) groups is 1. The number of hydrogen-bond acceptors (Lipinski definition) is 4. The summed E-state index contributed by atoms with van der Waals surface area (Å²) < 4.78 is 16.2. The lowest BCUT2D eigenvalue weighted by Crippen LogP contribution is -2.43. The van der Waals surface area contributed by atoms with Gasteiger partial charge in [-0.3, -0.25) is 0 Å². The SMILES string of the molecule is CCNC(=NCc1cc(OC)c(OC)c(OC)c1)NCC(C)(C)c1ccccc1.I. The Labute approximate surface area is 197 Å². The topological polar surface area (TPSA) is 64.1 Å². The predicted molar refractivity (Wildman–Crippen MR) is 134 cm³/mol. The molecular formula is C23H34IN3O3. The summed E-state index contributed by atoms with van der Waals surface area (Å²) in [6, 6.07) is 14.3. The molecule has 6 nitrogen and oxygen atoms in total. The van der Waals surface area contributed by atoms with Crippen molar-refractivity contribution >= 4 is 29.9 Å². The molecule has 2 aromatic carbocycles. The van der Waals surface area contributed by atoms with Gasteiger partial charge in [-0.2, -0.15) is 0 Å². The molecule has 0 aromatic heterocycles. The number of guanidine groups is 1. The molecule has 0 bridgehead atoms. The van der Waals surface area contributed by atoms with Crippen molar-refractivity contribution in [1.29, 1.82) is 0 Å². The first-order valence-corrected chi connectivity index (χ1v) is 9.81. The van der Waals surface area contributed by atoms with Gasteiger partial charge in [0.1, 0.15) is 0 Å². The maximum absolute atomic E-state index is 5.43. The van der Waals surface area contributed by atoms with Gasteiger partial charge in [-0.05, 0) is 30.2 Å². The van der Waals surface area contributed by atoms with Gasteiger partial charge >= 0.3 is 0 Å². The van der Waals surface area contributed by atoms with Crippen molar-refractivity contribution in [2.45, 2.75) is 32.7 Å². The van der Waals surface area contributed by atoms with Gasteiger partial charge in [-0.1, -0.05) is 44.2 Å². The molecule has 0 radical (unpaired) electrons. The van der Waals surface area contributed by atoms with Gasteiger partial charge in [0.05, 0.1) is 27.9 Å². The van der Waals surface area contributed by atoms with E-state index in [-0.39, 0.29) is 29.4 Å². The van der Waals surface area contributed by atoms with Crippen molar-refractivity contribution in [3.05, 3.63) is 53.6 Å². The third-order valence-electron chi connectivity index (χ3n) is 4.74. The molecular weight excluding hydrogens is 493 g/mol. The minimum atomic E-state index is -0.0238. The summed E-state index contributed by atoms with van der Waals surface area (Å²) in [7, 11) is 4.82. The lowest BCUT2D eigenvalue weighted by Gasteiger charge is -2.26. The van der Waals surface area contributed by atoms with Crippen molar-refractivity contribution in [3.8, 4) is 17.2 Å². The van der Waals surface area contributed by atoms with E-state index in [1.54, 1.807) is 21.3 Å². The van der Waals surface area contributed by atoms with Crippen molar-refractivity contribution in [2.24, 2.45) is 4.99 Å². The first-order valence-electron chi connectivity index (χ1n) is 9.81. The molecule has 0 aliphatic carbocycles. The second kappa shape index (κ2) is 12.5. The van der Waals surface area contributed by atoms with Crippen LogP contribution in [0.1, 0.15) is 31.9 Å². The first kappa shape index (κ1) is 25.9. The lowest BCUT2D eigenvalue weighted by atomic mass is 9.85. The Morgan fingerprint density at radius 3 is 2.03 bits per heavy atom. The summed E-state index contributed by atoms with van der Waals surface area (Å²) >= 11 is 0. The van der Waals surface area contributed by atoms with E-state index in [0.717, 1.165) is 24.6 Å². The largest absolute Gasteiger partial charge is 0.493 e. The average molecular weight is 527 g/mol. The highest BCUT2D eigenvalue weighted by molar-refractivity contribution is 14.0. The Hall–Kier alpha value is -2.16. The van der Waals surface area contributed by atoms with Crippen LogP contribution in [0.2, 0.25) is 0 Å². The fourth-order valence-corrected chi connectivity index (χ4v) is 3.03. The monoisotopic (exact) mass is 527 g/mol. The third kappa shape index (κ3) is 6.97. The van der Waals surface area contributed by atoms with Crippen LogP contribution in [0.4, 0.5) is 0 Å². The number of nitrogens with one attached hydrogen (secondary N) is 2. The van der Waals surface area contributed by atoms with Crippen molar-refractivity contribution < 1.29 is 14.2 Å². The van der Waals surface area contributed by atoms with Crippen LogP contribution in [-0.4, -0.2) is 40.4 Å². The molecule has 0 aliphatic rings. The molecule has 30 heavy (non-hydrogen) atoms. The molecule has 0 aliphatic heterocycles. The van der Waals surface area contributed by atoms with Gasteiger partial charge in [-0.15, -0.1) is 24.0 Å². The number of halogens is 1. The van der Waals surface area contributed by atoms with E-state index in [9.17, 15) is 0 Å². The van der Waals surface area contributed by atoms with E-state index in [1.807, 2.05) is 18.2 Å². The summed E-state index contributed by atoms with van der Waals surface area (Å²) in [4.78, 5) is 4.73. The number of benzene rings is 2. The van der Waals surface area contributed by atoms with Crippen LogP contribution in [0.15, 0.2) is 47.5 Å². The molecule has 166 valence electrons. The zero-order valence-corrected chi connectivity index (χ0v) is 21.1. The van der Waals surface area contributed by atoms with Crippen molar-refractivity contribution in [1.82, 2.24) is 10.6 Å². The maximum atomic E-state index is 5.43. The van der Waals surface area contributed by atoms with Gasteiger partial charge in [0.2, 0.25) is 5.75 Å². The van der Waals surface area contributed by atoms with E-state index < -0.39 is 0 Å². The van der Waals surface area contributed by atoms with Crippen LogP contribution in [0.25, 0.3) is 0 Å². The Balaban J connectivity index is 0.00000450. The normalized spacial score (nSPS) is 11.3.